The van der Waals surface area contributed by atoms with Crippen LogP contribution in [0.5, 0.6) is 5.75 Å². The molecule has 2 aromatic carbocycles. The molecule has 2 N–H and O–H groups in total. The average Bonchev–Trinajstić information content (AvgIpc) is 2.67. The molecular weight excluding hydrogens is 376 g/mol. The summed E-state index contributed by atoms with van der Waals surface area (Å²) in [6, 6.07) is 11.5. The second-order valence-corrected chi connectivity index (χ2v) is 8.63. The smallest absolute Gasteiger partial charge is 0.244 e. The van der Waals surface area contributed by atoms with Crippen molar-refractivity contribution in [1.29, 1.82) is 0 Å². The number of hydrogen-bond acceptors (Lipinski definition) is 4. The van der Waals surface area contributed by atoms with Crippen LogP contribution in [-0.2, 0) is 21.2 Å². The van der Waals surface area contributed by atoms with Gasteiger partial charge in [-0.25, -0.2) is 8.42 Å². The molecule has 28 heavy (non-hydrogen) atoms. The minimum absolute atomic E-state index is 0.0214. The van der Waals surface area contributed by atoms with Crippen LogP contribution in [0.2, 0.25) is 0 Å². The van der Waals surface area contributed by atoms with E-state index in [1.807, 2.05) is 39.0 Å². The van der Waals surface area contributed by atoms with Gasteiger partial charge in [0.05, 0.1) is 13.2 Å². The van der Waals surface area contributed by atoms with Crippen molar-refractivity contribution < 1.29 is 17.9 Å². The van der Waals surface area contributed by atoms with E-state index >= 15 is 0 Å². The number of amides is 1. The van der Waals surface area contributed by atoms with Gasteiger partial charge in [0.2, 0.25) is 15.9 Å². The molecule has 0 radical (unpaired) electrons. The van der Waals surface area contributed by atoms with Crippen LogP contribution >= 0.6 is 0 Å². The first kappa shape index (κ1) is 21.9. The van der Waals surface area contributed by atoms with Crippen LogP contribution in [0.25, 0.3) is 0 Å². The molecule has 2 rings (SSSR count). The van der Waals surface area contributed by atoms with Gasteiger partial charge < -0.3 is 10.1 Å². The largest absolute Gasteiger partial charge is 0.495 e. The van der Waals surface area contributed by atoms with Gasteiger partial charge in [-0.3, -0.25) is 4.79 Å². The predicted octanol–water partition coefficient (Wildman–Crippen LogP) is 3.69. The fourth-order valence-electron chi connectivity index (χ4n) is 2.69. The Morgan fingerprint density at radius 3 is 2.25 bits per heavy atom. The maximum atomic E-state index is 12.9. The first-order valence-corrected chi connectivity index (χ1v) is 10.8. The third-order valence-electron chi connectivity index (χ3n) is 4.50. The van der Waals surface area contributed by atoms with E-state index in [1.54, 1.807) is 24.3 Å². The molecule has 0 fully saturated rings. The fourth-order valence-corrected chi connectivity index (χ4v) is 4.09. The van der Waals surface area contributed by atoms with Crippen molar-refractivity contribution >= 4 is 21.6 Å². The van der Waals surface area contributed by atoms with Crippen molar-refractivity contribution in [1.82, 2.24) is 4.72 Å². The van der Waals surface area contributed by atoms with Crippen LogP contribution in [-0.4, -0.2) is 27.5 Å². The lowest BCUT2D eigenvalue weighted by Gasteiger charge is -2.17. The number of aryl methyl sites for hydroxylation is 1. The molecule has 0 saturated carbocycles. The minimum atomic E-state index is -3.94. The average molecular weight is 405 g/mol. The summed E-state index contributed by atoms with van der Waals surface area (Å²) < 4.78 is 33.4. The van der Waals surface area contributed by atoms with Crippen molar-refractivity contribution in [2.75, 3.05) is 12.4 Å². The zero-order valence-corrected chi connectivity index (χ0v) is 17.8. The monoisotopic (exact) mass is 404 g/mol. The number of carbonyl (C=O) groups is 1. The third-order valence-corrected chi connectivity index (χ3v) is 6.06. The molecule has 1 amide bonds. The Labute approximate surface area is 167 Å². The molecule has 1 unspecified atom stereocenters. The topological polar surface area (TPSA) is 84.5 Å². The van der Waals surface area contributed by atoms with Crippen molar-refractivity contribution in [3.05, 3.63) is 53.6 Å². The summed E-state index contributed by atoms with van der Waals surface area (Å²) in [6.07, 6.45) is 0.904. The van der Waals surface area contributed by atoms with Gasteiger partial charge in [-0.2, -0.15) is 4.72 Å². The molecule has 6 nitrogen and oxygen atoms in total. The lowest BCUT2D eigenvalue weighted by atomic mass is 10.0. The Balaban J connectivity index is 2.18. The molecule has 0 saturated heterocycles. The van der Waals surface area contributed by atoms with Gasteiger partial charge in [-0.05, 0) is 54.7 Å². The first-order valence-electron chi connectivity index (χ1n) is 9.28. The Morgan fingerprint density at radius 1 is 1.07 bits per heavy atom. The zero-order chi connectivity index (χ0) is 20.9. The van der Waals surface area contributed by atoms with Crippen LogP contribution in [0.3, 0.4) is 0 Å². The summed E-state index contributed by atoms with van der Waals surface area (Å²) in [5.41, 5.74) is 2.64. The Morgan fingerprint density at radius 2 is 1.71 bits per heavy atom. The van der Waals surface area contributed by atoms with Crippen LogP contribution in [0.4, 0.5) is 5.69 Å². The van der Waals surface area contributed by atoms with Crippen LogP contribution < -0.4 is 14.8 Å². The summed E-state index contributed by atoms with van der Waals surface area (Å²) in [5.74, 6) is -0.0434. The summed E-state index contributed by atoms with van der Waals surface area (Å²) in [4.78, 5) is 12.5. The predicted molar refractivity (Wildman–Crippen MR) is 111 cm³/mol. The lowest BCUT2D eigenvalue weighted by Crippen LogP contribution is -2.41. The summed E-state index contributed by atoms with van der Waals surface area (Å²) in [7, 11) is -2.53. The Kier molecular flexibility index (Phi) is 7.21. The number of hydrogen-bond donors (Lipinski definition) is 2. The molecule has 0 bridgehead atoms. The molecule has 0 spiro atoms. The summed E-state index contributed by atoms with van der Waals surface area (Å²) >= 11 is 0. The second-order valence-electron chi connectivity index (χ2n) is 6.95. The molecule has 0 aliphatic rings. The lowest BCUT2D eigenvalue weighted by molar-refractivity contribution is -0.117. The van der Waals surface area contributed by atoms with E-state index in [0.717, 1.165) is 17.5 Å². The normalized spacial score (nSPS) is 12.6. The Hall–Kier alpha value is -2.38. The van der Waals surface area contributed by atoms with E-state index in [0.29, 0.717) is 5.69 Å². The van der Waals surface area contributed by atoms with Gasteiger partial charge in [0.25, 0.3) is 0 Å². The van der Waals surface area contributed by atoms with Crippen molar-refractivity contribution in [3.63, 3.8) is 0 Å². The van der Waals surface area contributed by atoms with Gasteiger partial charge in [0.15, 0.2) is 0 Å². The number of nitrogens with one attached hydrogen (secondary N) is 2. The van der Waals surface area contributed by atoms with Crippen molar-refractivity contribution in [2.45, 2.75) is 51.0 Å². The minimum Gasteiger partial charge on any atom is -0.495 e. The Bertz CT molecular complexity index is 922. The van der Waals surface area contributed by atoms with E-state index < -0.39 is 22.0 Å². The van der Waals surface area contributed by atoms with Gasteiger partial charge in [0, 0.05) is 5.69 Å². The number of sulfonamides is 1. The summed E-state index contributed by atoms with van der Waals surface area (Å²) in [5, 5.41) is 2.73. The van der Waals surface area contributed by atoms with Crippen molar-refractivity contribution in [3.8, 4) is 5.75 Å². The number of methoxy groups -OCH3 is 1. The molecule has 0 heterocycles. The third kappa shape index (κ3) is 5.33. The number of rotatable bonds is 8. The molecule has 152 valence electrons. The zero-order valence-electron chi connectivity index (χ0n) is 16.9. The van der Waals surface area contributed by atoms with E-state index in [1.165, 1.54) is 14.0 Å². The molecule has 0 aromatic heterocycles. The van der Waals surface area contributed by atoms with E-state index in [-0.39, 0.29) is 16.6 Å². The molecule has 0 aliphatic carbocycles. The maximum Gasteiger partial charge on any atom is 0.244 e. The quantitative estimate of drug-likeness (QED) is 0.703. The van der Waals surface area contributed by atoms with Gasteiger partial charge >= 0.3 is 0 Å². The SMILES string of the molecule is CCc1ccc(NC(=O)C(C)NS(=O)(=O)c2cc(C(C)C)ccc2OC)cc1. The van der Waals surface area contributed by atoms with Crippen LogP contribution in [0.1, 0.15) is 44.7 Å². The second kappa shape index (κ2) is 9.21. The van der Waals surface area contributed by atoms with E-state index in [2.05, 4.69) is 10.0 Å². The fraction of sp³-hybridized carbons (Fsp3) is 0.381. The number of benzene rings is 2. The van der Waals surface area contributed by atoms with Crippen LogP contribution in [0, 0.1) is 0 Å². The summed E-state index contributed by atoms with van der Waals surface area (Å²) in [6.45, 7) is 7.51. The highest BCUT2D eigenvalue weighted by molar-refractivity contribution is 7.89. The standard InChI is InChI=1S/C21H28N2O4S/c1-6-16-7-10-18(11-8-16)22-21(24)15(4)23-28(25,26)20-13-17(14(2)3)9-12-19(20)27-5/h7-15,23H,6H2,1-5H3,(H,22,24). The number of ether oxygens (including phenoxy) is 1. The molecule has 7 heteroatoms. The molecule has 1 atom stereocenters. The van der Waals surface area contributed by atoms with Crippen LogP contribution in [0.15, 0.2) is 47.4 Å². The highest BCUT2D eigenvalue weighted by atomic mass is 32.2. The van der Waals surface area contributed by atoms with E-state index in [9.17, 15) is 13.2 Å². The van der Waals surface area contributed by atoms with Gasteiger partial charge in [-0.15, -0.1) is 0 Å². The highest BCUT2D eigenvalue weighted by Gasteiger charge is 2.25. The maximum absolute atomic E-state index is 12.9. The highest BCUT2D eigenvalue weighted by Crippen LogP contribution is 2.28. The van der Waals surface area contributed by atoms with Gasteiger partial charge in [0.1, 0.15) is 10.6 Å². The first-order chi connectivity index (χ1) is 13.2. The van der Waals surface area contributed by atoms with Gasteiger partial charge in [-0.1, -0.05) is 39.0 Å². The molecule has 0 aliphatic heterocycles. The molecular formula is C21H28N2O4S. The van der Waals surface area contributed by atoms with Crippen molar-refractivity contribution in [2.24, 2.45) is 0 Å². The number of anilines is 1. The number of carbonyl (C=O) groups excluding carboxylic acids is 1. The van der Waals surface area contributed by atoms with E-state index in [4.69, 9.17) is 4.74 Å². The molecule has 2 aromatic rings.